The van der Waals surface area contributed by atoms with E-state index in [4.69, 9.17) is 9.47 Å². The predicted molar refractivity (Wildman–Crippen MR) is 87.6 cm³/mol. The van der Waals surface area contributed by atoms with Gasteiger partial charge in [0.2, 0.25) is 0 Å². The highest BCUT2D eigenvalue weighted by Gasteiger charge is 2.16. The number of nitrogens with one attached hydrogen (secondary N) is 1. The summed E-state index contributed by atoms with van der Waals surface area (Å²) < 4.78 is 53.1. The molecule has 130 valence electrons. The van der Waals surface area contributed by atoms with Crippen molar-refractivity contribution in [2.45, 2.75) is 13.2 Å². The van der Waals surface area contributed by atoms with Crippen molar-refractivity contribution in [1.82, 2.24) is 0 Å². The van der Waals surface area contributed by atoms with Crippen molar-refractivity contribution >= 4 is 21.6 Å². The molecule has 0 saturated heterocycles. The standard InChI is InChI=1S/C16H15BrF3NO3/c1-22-13-7-10(18)3-4-12(13)21-8-9-5-11(17)15(24-16(19)20)14(6-9)23-2/h3-7,16,21H,8H2,1-2H3. The molecule has 4 nitrogen and oxygen atoms in total. The quantitative estimate of drug-likeness (QED) is 0.716. The van der Waals surface area contributed by atoms with Crippen molar-refractivity contribution < 1.29 is 27.4 Å². The zero-order valence-corrected chi connectivity index (χ0v) is 14.5. The molecule has 0 atom stereocenters. The van der Waals surface area contributed by atoms with E-state index in [1.165, 1.54) is 26.4 Å². The lowest BCUT2D eigenvalue weighted by atomic mass is 10.2. The molecule has 2 aromatic carbocycles. The summed E-state index contributed by atoms with van der Waals surface area (Å²) in [6.07, 6.45) is 0. The van der Waals surface area contributed by atoms with Crippen LogP contribution in [-0.2, 0) is 6.54 Å². The largest absolute Gasteiger partial charge is 0.494 e. The van der Waals surface area contributed by atoms with E-state index in [0.717, 1.165) is 5.56 Å². The highest BCUT2D eigenvalue weighted by atomic mass is 79.9. The van der Waals surface area contributed by atoms with Crippen LogP contribution in [0.1, 0.15) is 5.56 Å². The molecule has 0 amide bonds. The third-order valence-corrected chi connectivity index (χ3v) is 3.73. The van der Waals surface area contributed by atoms with Gasteiger partial charge in [-0.05, 0) is 45.8 Å². The first-order valence-corrected chi connectivity index (χ1v) is 7.62. The lowest BCUT2D eigenvalue weighted by molar-refractivity contribution is -0.0517. The van der Waals surface area contributed by atoms with Gasteiger partial charge in [-0.1, -0.05) is 0 Å². The molecule has 0 saturated carbocycles. The number of hydrogen-bond donors (Lipinski definition) is 1. The predicted octanol–water partition coefficient (Wildman–Crippen LogP) is 4.82. The van der Waals surface area contributed by atoms with Gasteiger partial charge >= 0.3 is 6.61 Å². The number of hydrogen-bond acceptors (Lipinski definition) is 4. The van der Waals surface area contributed by atoms with Crippen molar-refractivity contribution in [2.75, 3.05) is 19.5 Å². The van der Waals surface area contributed by atoms with Crippen LogP contribution in [-0.4, -0.2) is 20.8 Å². The summed E-state index contributed by atoms with van der Waals surface area (Å²) in [6.45, 7) is -2.62. The summed E-state index contributed by atoms with van der Waals surface area (Å²) in [7, 11) is 2.80. The van der Waals surface area contributed by atoms with Gasteiger partial charge in [0.25, 0.3) is 0 Å². The zero-order valence-electron chi connectivity index (χ0n) is 12.9. The molecule has 0 fully saturated rings. The number of anilines is 1. The number of halogens is 4. The van der Waals surface area contributed by atoms with Gasteiger partial charge in [0.15, 0.2) is 11.5 Å². The van der Waals surface area contributed by atoms with E-state index < -0.39 is 12.4 Å². The Labute approximate surface area is 145 Å². The monoisotopic (exact) mass is 405 g/mol. The van der Waals surface area contributed by atoms with Crippen molar-refractivity contribution in [3.05, 3.63) is 46.2 Å². The molecule has 0 aliphatic rings. The zero-order chi connectivity index (χ0) is 17.7. The molecular weight excluding hydrogens is 391 g/mol. The van der Waals surface area contributed by atoms with Crippen LogP contribution in [0.3, 0.4) is 0 Å². The number of benzene rings is 2. The van der Waals surface area contributed by atoms with E-state index in [-0.39, 0.29) is 11.5 Å². The average molecular weight is 406 g/mol. The maximum Gasteiger partial charge on any atom is 0.387 e. The minimum absolute atomic E-state index is 0.0735. The van der Waals surface area contributed by atoms with Gasteiger partial charge in [-0.15, -0.1) is 0 Å². The number of methoxy groups -OCH3 is 2. The second-order valence-corrected chi connectivity index (χ2v) is 5.54. The minimum Gasteiger partial charge on any atom is -0.494 e. The molecule has 2 aromatic rings. The van der Waals surface area contributed by atoms with Gasteiger partial charge in [0, 0.05) is 12.6 Å². The lowest BCUT2D eigenvalue weighted by Crippen LogP contribution is -2.06. The van der Waals surface area contributed by atoms with Crippen LogP contribution in [0.4, 0.5) is 18.9 Å². The Hall–Kier alpha value is -2.09. The number of alkyl halides is 2. The first-order valence-electron chi connectivity index (χ1n) is 6.83. The average Bonchev–Trinajstić information content (AvgIpc) is 2.55. The summed E-state index contributed by atoms with van der Waals surface area (Å²) in [6, 6.07) is 7.32. The SMILES string of the molecule is COc1cc(F)ccc1NCc1cc(Br)c(OC(F)F)c(OC)c1. The van der Waals surface area contributed by atoms with Gasteiger partial charge < -0.3 is 19.5 Å². The van der Waals surface area contributed by atoms with E-state index >= 15 is 0 Å². The van der Waals surface area contributed by atoms with E-state index in [1.807, 2.05) is 0 Å². The summed E-state index contributed by atoms with van der Waals surface area (Å²) in [5.41, 5.74) is 1.34. The van der Waals surface area contributed by atoms with Gasteiger partial charge in [-0.25, -0.2) is 4.39 Å². The van der Waals surface area contributed by atoms with Crippen LogP contribution < -0.4 is 19.5 Å². The fraction of sp³-hybridized carbons (Fsp3) is 0.250. The fourth-order valence-electron chi connectivity index (χ4n) is 2.09. The van der Waals surface area contributed by atoms with E-state index in [9.17, 15) is 13.2 Å². The molecule has 0 aliphatic heterocycles. The van der Waals surface area contributed by atoms with Crippen molar-refractivity contribution in [3.63, 3.8) is 0 Å². The van der Waals surface area contributed by atoms with Gasteiger partial charge in [0.05, 0.1) is 24.4 Å². The molecule has 0 bridgehead atoms. The van der Waals surface area contributed by atoms with Gasteiger partial charge in [-0.3, -0.25) is 0 Å². The van der Waals surface area contributed by atoms with Crippen LogP contribution in [0.15, 0.2) is 34.8 Å². The Balaban J connectivity index is 2.20. The highest BCUT2D eigenvalue weighted by Crippen LogP contribution is 2.38. The molecule has 1 N–H and O–H groups in total. The van der Waals surface area contributed by atoms with Crippen LogP contribution in [0, 0.1) is 5.82 Å². The maximum atomic E-state index is 13.2. The summed E-state index contributed by atoms with van der Waals surface area (Å²) in [5.74, 6) is 0.0529. The van der Waals surface area contributed by atoms with Crippen LogP contribution in [0.5, 0.6) is 17.2 Å². The smallest absolute Gasteiger partial charge is 0.387 e. The Kier molecular flexibility index (Phi) is 6.19. The molecule has 0 radical (unpaired) electrons. The van der Waals surface area contributed by atoms with Crippen LogP contribution in [0.2, 0.25) is 0 Å². The normalized spacial score (nSPS) is 10.6. The first-order chi connectivity index (χ1) is 11.4. The molecule has 0 heterocycles. The molecule has 0 unspecified atom stereocenters. The first kappa shape index (κ1) is 18.3. The number of rotatable bonds is 7. The third kappa shape index (κ3) is 4.47. The lowest BCUT2D eigenvalue weighted by Gasteiger charge is -2.15. The molecule has 0 spiro atoms. The Morgan fingerprint density at radius 1 is 1.08 bits per heavy atom. The molecule has 0 aromatic heterocycles. The second kappa shape index (κ2) is 8.14. The molecular formula is C16H15BrF3NO3. The number of ether oxygens (including phenoxy) is 3. The van der Waals surface area contributed by atoms with Crippen molar-refractivity contribution in [1.29, 1.82) is 0 Å². The third-order valence-electron chi connectivity index (χ3n) is 3.14. The van der Waals surface area contributed by atoms with Crippen LogP contribution in [0.25, 0.3) is 0 Å². The molecule has 0 aliphatic carbocycles. The second-order valence-electron chi connectivity index (χ2n) is 4.69. The topological polar surface area (TPSA) is 39.7 Å². The summed E-state index contributed by atoms with van der Waals surface area (Å²) in [4.78, 5) is 0. The maximum absolute atomic E-state index is 13.2. The van der Waals surface area contributed by atoms with E-state index in [1.54, 1.807) is 18.2 Å². The van der Waals surface area contributed by atoms with Crippen LogP contribution >= 0.6 is 15.9 Å². The van der Waals surface area contributed by atoms with Crippen molar-refractivity contribution in [3.8, 4) is 17.2 Å². The molecule has 2 rings (SSSR count). The Morgan fingerprint density at radius 3 is 2.42 bits per heavy atom. The summed E-state index contributed by atoms with van der Waals surface area (Å²) in [5, 5.41) is 3.09. The molecule has 24 heavy (non-hydrogen) atoms. The van der Waals surface area contributed by atoms with Gasteiger partial charge in [-0.2, -0.15) is 8.78 Å². The van der Waals surface area contributed by atoms with Gasteiger partial charge in [0.1, 0.15) is 11.6 Å². The summed E-state index contributed by atoms with van der Waals surface area (Å²) >= 11 is 3.19. The van der Waals surface area contributed by atoms with E-state index in [2.05, 4.69) is 26.0 Å². The molecule has 8 heteroatoms. The Morgan fingerprint density at radius 2 is 1.79 bits per heavy atom. The Bertz CT molecular complexity index is 713. The fourth-order valence-corrected chi connectivity index (χ4v) is 2.67. The van der Waals surface area contributed by atoms with E-state index in [0.29, 0.717) is 22.5 Å². The highest BCUT2D eigenvalue weighted by molar-refractivity contribution is 9.10. The van der Waals surface area contributed by atoms with Crippen molar-refractivity contribution in [2.24, 2.45) is 0 Å². The minimum atomic E-state index is -2.96.